The quantitative estimate of drug-likeness (QED) is 0.834. The SMILES string of the molecule is CCCc1c(C)[nH]c2c(OC)nccc12. The molecule has 15 heavy (non-hydrogen) atoms. The van der Waals surface area contributed by atoms with E-state index in [0.717, 1.165) is 18.4 Å². The molecule has 0 atom stereocenters. The van der Waals surface area contributed by atoms with Crippen molar-refractivity contribution in [3.8, 4) is 5.88 Å². The van der Waals surface area contributed by atoms with Crippen molar-refractivity contribution in [1.29, 1.82) is 0 Å². The molecule has 2 aromatic rings. The highest BCUT2D eigenvalue weighted by atomic mass is 16.5. The molecule has 80 valence electrons. The molecule has 0 unspecified atom stereocenters. The second-order valence-corrected chi connectivity index (χ2v) is 3.72. The first-order valence-electron chi connectivity index (χ1n) is 5.28. The minimum absolute atomic E-state index is 0.679. The van der Waals surface area contributed by atoms with Gasteiger partial charge in [-0.25, -0.2) is 4.98 Å². The Bertz CT molecular complexity index is 474. The second-order valence-electron chi connectivity index (χ2n) is 3.72. The Morgan fingerprint density at radius 3 is 2.93 bits per heavy atom. The molecule has 0 amide bonds. The van der Waals surface area contributed by atoms with E-state index in [2.05, 4.69) is 23.8 Å². The first-order chi connectivity index (χ1) is 7.27. The van der Waals surface area contributed by atoms with Gasteiger partial charge in [-0.2, -0.15) is 0 Å². The molecule has 0 saturated carbocycles. The van der Waals surface area contributed by atoms with E-state index in [1.165, 1.54) is 16.6 Å². The van der Waals surface area contributed by atoms with Gasteiger partial charge >= 0.3 is 0 Å². The topological polar surface area (TPSA) is 37.9 Å². The van der Waals surface area contributed by atoms with Crippen LogP contribution < -0.4 is 4.74 Å². The third-order valence-electron chi connectivity index (χ3n) is 2.70. The van der Waals surface area contributed by atoms with Crippen molar-refractivity contribution in [2.45, 2.75) is 26.7 Å². The molecular formula is C12H16N2O. The number of aromatic nitrogens is 2. The summed E-state index contributed by atoms with van der Waals surface area (Å²) in [6.07, 6.45) is 4.05. The number of aromatic amines is 1. The summed E-state index contributed by atoms with van der Waals surface area (Å²) < 4.78 is 5.23. The van der Waals surface area contributed by atoms with E-state index >= 15 is 0 Å². The third kappa shape index (κ3) is 1.58. The number of ether oxygens (including phenoxy) is 1. The summed E-state index contributed by atoms with van der Waals surface area (Å²) in [5.74, 6) is 0.679. The molecule has 2 aromatic heterocycles. The Morgan fingerprint density at radius 1 is 1.47 bits per heavy atom. The lowest BCUT2D eigenvalue weighted by atomic mass is 10.1. The van der Waals surface area contributed by atoms with Crippen LogP contribution >= 0.6 is 0 Å². The summed E-state index contributed by atoms with van der Waals surface area (Å²) in [6, 6.07) is 2.05. The van der Waals surface area contributed by atoms with Crippen LogP contribution in [0.1, 0.15) is 24.6 Å². The Morgan fingerprint density at radius 2 is 2.27 bits per heavy atom. The van der Waals surface area contributed by atoms with Crippen LogP contribution in [0.3, 0.4) is 0 Å². The maximum Gasteiger partial charge on any atom is 0.238 e. The monoisotopic (exact) mass is 204 g/mol. The van der Waals surface area contributed by atoms with E-state index in [-0.39, 0.29) is 0 Å². The predicted octanol–water partition coefficient (Wildman–Crippen LogP) is 2.83. The van der Waals surface area contributed by atoms with Crippen molar-refractivity contribution < 1.29 is 4.74 Å². The van der Waals surface area contributed by atoms with Crippen molar-refractivity contribution in [3.63, 3.8) is 0 Å². The zero-order valence-corrected chi connectivity index (χ0v) is 9.42. The van der Waals surface area contributed by atoms with Crippen molar-refractivity contribution in [3.05, 3.63) is 23.5 Å². The Hall–Kier alpha value is -1.51. The van der Waals surface area contributed by atoms with E-state index in [4.69, 9.17) is 4.74 Å². The summed E-state index contributed by atoms with van der Waals surface area (Å²) in [5.41, 5.74) is 3.62. The van der Waals surface area contributed by atoms with Crippen molar-refractivity contribution in [2.75, 3.05) is 7.11 Å². The minimum Gasteiger partial charge on any atom is -0.479 e. The van der Waals surface area contributed by atoms with Gasteiger partial charge in [0.2, 0.25) is 5.88 Å². The molecular weight excluding hydrogens is 188 g/mol. The smallest absolute Gasteiger partial charge is 0.238 e. The molecule has 0 spiro atoms. The molecule has 0 fully saturated rings. The number of H-pyrrole nitrogens is 1. The van der Waals surface area contributed by atoms with Crippen LogP contribution in [0.15, 0.2) is 12.3 Å². The number of nitrogens with zero attached hydrogens (tertiary/aromatic N) is 1. The number of aryl methyl sites for hydroxylation is 2. The summed E-state index contributed by atoms with van der Waals surface area (Å²) in [5, 5.41) is 1.24. The number of hydrogen-bond donors (Lipinski definition) is 1. The minimum atomic E-state index is 0.679. The molecule has 1 N–H and O–H groups in total. The van der Waals surface area contributed by atoms with Crippen molar-refractivity contribution >= 4 is 10.9 Å². The Kier molecular flexibility index (Phi) is 2.62. The molecule has 0 aliphatic rings. The lowest BCUT2D eigenvalue weighted by Crippen LogP contribution is -1.88. The van der Waals surface area contributed by atoms with Crippen LogP contribution in [0.2, 0.25) is 0 Å². The zero-order valence-electron chi connectivity index (χ0n) is 9.42. The van der Waals surface area contributed by atoms with E-state index < -0.39 is 0 Å². The van der Waals surface area contributed by atoms with Gasteiger partial charge in [0.1, 0.15) is 5.52 Å². The molecule has 2 heterocycles. The lowest BCUT2D eigenvalue weighted by molar-refractivity contribution is 0.402. The fraction of sp³-hybridized carbons (Fsp3) is 0.417. The van der Waals surface area contributed by atoms with E-state index in [1.54, 1.807) is 13.3 Å². The number of nitrogens with one attached hydrogen (secondary N) is 1. The molecule has 0 radical (unpaired) electrons. The average Bonchev–Trinajstić information content (AvgIpc) is 2.56. The fourth-order valence-electron chi connectivity index (χ4n) is 2.01. The molecule has 0 bridgehead atoms. The lowest BCUT2D eigenvalue weighted by Gasteiger charge is -2.00. The molecule has 3 heteroatoms. The van der Waals surface area contributed by atoms with Crippen molar-refractivity contribution in [1.82, 2.24) is 9.97 Å². The van der Waals surface area contributed by atoms with Gasteiger partial charge in [-0.3, -0.25) is 0 Å². The average molecular weight is 204 g/mol. The maximum atomic E-state index is 5.23. The van der Waals surface area contributed by atoms with Crippen LogP contribution in [0.25, 0.3) is 10.9 Å². The summed E-state index contributed by atoms with van der Waals surface area (Å²) in [7, 11) is 1.65. The van der Waals surface area contributed by atoms with Crippen LogP contribution in [-0.2, 0) is 6.42 Å². The van der Waals surface area contributed by atoms with Gasteiger partial charge in [-0.05, 0) is 25.0 Å². The molecule has 0 aromatic carbocycles. The predicted molar refractivity (Wildman–Crippen MR) is 61.4 cm³/mol. The first-order valence-corrected chi connectivity index (χ1v) is 5.28. The van der Waals surface area contributed by atoms with Crippen LogP contribution in [-0.4, -0.2) is 17.1 Å². The summed E-state index contributed by atoms with van der Waals surface area (Å²) >= 11 is 0. The van der Waals surface area contributed by atoms with Gasteiger partial charge < -0.3 is 9.72 Å². The normalized spacial score (nSPS) is 10.9. The fourth-order valence-corrected chi connectivity index (χ4v) is 2.01. The van der Waals surface area contributed by atoms with E-state index in [9.17, 15) is 0 Å². The van der Waals surface area contributed by atoms with Crippen LogP contribution in [0.4, 0.5) is 0 Å². The number of rotatable bonds is 3. The highest BCUT2D eigenvalue weighted by Crippen LogP contribution is 2.28. The number of pyridine rings is 1. The van der Waals surface area contributed by atoms with Crippen molar-refractivity contribution in [2.24, 2.45) is 0 Å². The molecule has 2 rings (SSSR count). The van der Waals surface area contributed by atoms with Gasteiger partial charge in [-0.15, -0.1) is 0 Å². The number of fused-ring (bicyclic) bond motifs is 1. The highest BCUT2D eigenvalue weighted by molar-refractivity contribution is 5.88. The molecule has 0 aliphatic heterocycles. The second kappa shape index (κ2) is 3.93. The third-order valence-corrected chi connectivity index (χ3v) is 2.70. The van der Waals surface area contributed by atoms with Gasteiger partial charge in [0, 0.05) is 17.3 Å². The summed E-state index contributed by atoms with van der Waals surface area (Å²) in [6.45, 7) is 4.29. The number of hydrogen-bond acceptors (Lipinski definition) is 2. The van der Waals surface area contributed by atoms with Gasteiger partial charge in [0.25, 0.3) is 0 Å². The maximum absolute atomic E-state index is 5.23. The summed E-state index contributed by atoms with van der Waals surface area (Å²) in [4.78, 5) is 7.53. The largest absolute Gasteiger partial charge is 0.479 e. The molecule has 0 aliphatic carbocycles. The van der Waals surface area contributed by atoms with Crippen LogP contribution in [0.5, 0.6) is 5.88 Å². The van der Waals surface area contributed by atoms with E-state index in [0.29, 0.717) is 5.88 Å². The highest BCUT2D eigenvalue weighted by Gasteiger charge is 2.11. The molecule has 0 saturated heterocycles. The van der Waals surface area contributed by atoms with Gasteiger partial charge in [-0.1, -0.05) is 13.3 Å². The standard InChI is InChI=1S/C12H16N2O/c1-4-5-9-8(2)14-11-10(9)6-7-13-12(11)15-3/h6-7,14H,4-5H2,1-3H3. The molecule has 3 nitrogen and oxygen atoms in total. The number of methoxy groups -OCH3 is 1. The zero-order chi connectivity index (χ0) is 10.8. The van der Waals surface area contributed by atoms with Gasteiger partial charge in [0.15, 0.2) is 0 Å². The van der Waals surface area contributed by atoms with Crippen LogP contribution in [0, 0.1) is 6.92 Å². The Labute approximate surface area is 89.5 Å². The first kappa shape index (κ1) is 10.0. The van der Waals surface area contributed by atoms with E-state index in [1.807, 2.05) is 6.07 Å². The Balaban J connectivity index is 2.67. The van der Waals surface area contributed by atoms with Gasteiger partial charge in [0.05, 0.1) is 7.11 Å².